The summed E-state index contributed by atoms with van der Waals surface area (Å²) in [5, 5.41) is 10.5. The Hall–Kier alpha value is -0.480. The lowest BCUT2D eigenvalue weighted by Crippen LogP contribution is -2.14. The number of aryl methyl sites for hydroxylation is 1. The summed E-state index contributed by atoms with van der Waals surface area (Å²) in [7, 11) is 0. The van der Waals surface area contributed by atoms with E-state index in [2.05, 4.69) is 15.7 Å². The summed E-state index contributed by atoms with van der Waals surface area (Å²) in [6, 6.07) is 0. The average molecular weight is 238 g/mol. The van der Waals surface area contributed by atoms with Crippen LogP contribution in [0.25, 0.3) is 0 Å². The molecular formula is C12H18N2OS. The van der Waals surface area contributed by atoms with Gasteiger partial charge in [0.25, 0.3) is 0 Å². The number of imidazole rings is 1. The van der Waals surface area contributed by atoms with E-state index < -0.39 is 0 Å². The summed E-state index contributed by atoms with van der Waals surface area (Å²) in [5.74, 6) is 2.16. The van der Waals surface area contributed by atoms with Crippen molar-refractivity contribution in [2.45, 2.75) is 50.0 Å². The van der Waals surface area contributed by atoms with Crippen molar-refractivity contribution in [3.05, 3.63) is 17.7 Å². The van der Waals surface area contributed by atoms with E-state index in [1.807, 2.05) is 11.8 Å². The predicted molar refractivity (Wildman–Crippen MR) is 65.5 cm³/mol. The molecule has 0 radical (unpaired) electrons. The summed E-state index contributed by atoms with van der Waals surface area (Å²) in [6.07, 6.45) is 7.68. The van der Waals surface area contributed by atoms with Crippen molar-refractivity contribution in [1.82, 2.24) is 9.55 Å². The van der Waals surface area contributed by atoms with E-state index in [0.717, 1.165) is 25.2 Å². The highest BCUT2D eigenvalue weighted by atomic mass is 32.2. The molecule has 1 fully saturated rings. The highest BCUT2D eigenvalue weighted by Crippen LogP contribution is 2.38. The van der Waals surface area contributed by atoms with Crippen molar-refractivity contribution in [1.29, 1.82) is 0 Å². The SMILES string of the molecule is OC1CCCn2cc(C3CCCCS3)nc21. The number of hydrogen-bond donors (Lipinski definition) is 1. The third kappa shape index (κ3) is 1.89. The van der Waals surface area contributed by atoms with E-state index >= 15 is 0 Å². The van der Waals surface area contributed by atoms with Gasteiger partial charge in [0, 0.05) is 18.0 Å². The molecule has 2 aliphatic rings. The zero-order valence-electron chi connectivity index (χ0n) is 9.43. The molecule has 1 saturated heterocycles. The normalized spacial score (nSPS) is 30.1. The molecule has 0 saturated carbocycles. The Morgan fingerprint density at radius 2 is 2.25 bits per heavy atom. The first kappa shape index (κ1) is 10.7. The molecule has 1 aromatic rings. The molecule has 0 aromatic carbocycles. The van der Waals surface area contributed by atoms with Crippen LogP contribution in [0.4, 0.5) is 0 Å². The molecular weight excluding hydrogens is 220 g/mol. The molecule has 16 heavy (non-hydrogen) atoms. The fraction of sp³-hybridized carbons (Fsp3) is 0.750. The van der Waals surface area contributed by atoms with Gasteiger partial charge >= 0.3 is 0 Å². The Labute approximate surface area is 100 Å². The Bertz CT molecular complexity index is 371. The maximum absolute atomic E-state index is 9.88. The molecule has 3 nitrogen and oxygen atoms in total. The van der Waals surface area contributed by atoms with Crippen LogP contribution in [0.15, 0.2) is 6.20 Å². The number of aliphatic hydroxyl groups excluding tert-OH is 1. The number of hydrogen-bond acceptors (Lipinski definition) is 3. The zero-order chi connectivity index (χ0) is 11.0. The van der Waals surface area contributed by atoms with Crippen LogP contribution < -0.4 is 0 Å². The molecule has 0 bridgehead atoms. The van der Waals surface area contributed by atoms with Crippen molar-refractivity contribution in [2.75, 3.05) is 5.75 Å². The molecule has 0 amide bonds. The fourth-order valence-electron chi connectivity index (χ4n) is 2.61. The predicted octanol–water partition coefficient (Wildman–Crippen LogP) is 2.67. The van der Waals surface area contributed by atoms with Gasteiger partial charge < -0.3 is 9.67 Å². The summed E-state index contributed by atoms with van der Waals surface area (Å²) in [6.45, 7) is 1.02. The second kappa shape index (κ2) is 4.41. The van der Waals surface area contributed by atoms with Crippen molar-refractivity contribution in [3.8, 4) is 0 Å². The number of aliphatic hydroxyl groups is 1. The third-order valence-corrected chi connectivity index (χ3v) is 4.91. The monoisotopic (exact) mass is 238 g/mol. The van der Waals surface area contributed by atoms with E-state index in [-0.39, 0.29) is 6.10 Å². The van der Waals surface area contributed by atoms with Crippen LogP contribution in [0.5, 0.6) is 0 Å². The van der Waals surface area contributed by atoms with Crippen LogP contribution in [-0.4, -0.2) is 20.4 Å². The average Bonchev–Trinajstić information content (AvgIpc) is 2.76. The molecule has 4 heteroatoms. The van der Waals surface area contributed by atoms with Crippen LogP contribution in [0, 0.1) is 0 Å². The summed E-state index contributed by atoms with van der Waals surface area (Å²) < 4.78 is 2.15. The number of aromatic nitrogens is 2. The van der Waals surface area contributed by atoms with Crippen molar-refractivity contribution < 1.29 is 5.11 Å². The van der Waals surface area contributed by atoms with E-state index in [4.69, 9.17) is 0 Å². The van der Waals surface area contributed by atoms with Gasteiger partial charge in [-0.25, -0.2) is 4.98 Å². The smallest absolute Gasteiger partial charge is 0.138 e. The lowest BCUT2D eigenvalue weighted by atomic mass is 10.1. The topological polar surface area (TPSA) is 38.0 Å². The zero-order valence-corrected chi connectivity index (χ0v) is 10.2. The number of fused-ring (bicyclic) bond motifs is 1. The third-order valence-electron chi connectivity index (χ3n) is 3.51. The molecule has 1 aromatic heterocycles. The number of nitrogens with zero attached hydrogens (tertiary/aromatic N) is 2. The molecule has 2 unspecified atom stereocenters. The molecule has 3 rings (SSSR count). The van der Waals surface area contributed by atoms with Gasteiger partial charge in [-0.2, -0.15) is 11.8 Å². The maximum Gasteiger partial charge on any atom is 0.138 e. The second-order valence-corrected chi connectivity index (χ2v) is 6.04. The van der Waals surface area contributed by atoms with Crippen LogP contribution in [0.1, 0.15) is 55.0 Å². The highest BCUT2D eigenvalue weighted by molar-refractivity contribution is 7.99. The van der Waals surface area contributed by atoms with Crippen LogP contribution in [0.3, 0.4) is 0 Å². The van der Waals surface area contributed by atoms with Gasteiger partial charge in [0.1, 0.15) is 11.9 Å². The minimum Gasteiger partial charge on any atom is -0.385 e. The minimum absolute atomic E-state index is 0.337. The Morgan fingerprint density at radius 1 is 1.31 bits per heavy atom. The Kier molecular flexibility index (Phi) is 2.94. The van der Waals surface area contributed by atoms with Gasteiger partial charge in [-0.15, -0.1) is 0 Å². The van der Waals surface area contributed by atoms with E-state index in [1.54, 1.807) is 0 Å². The summed E-state index contributed by atoms with van der Waals surface area (Å²) in [5.41, 5.74) is 1.20. The van der Waals surface area contributed by atoms with Gasteiger partial charge in [-0.1, -0.05) is 6.42 Å². The molecule has 2 atom stereocenters. The molecule has 3 heterocycles. The van der Waals surface area contributed by atoms with Gasteiger partial charge in [0.2, 0.25) is 0 Å². The van der Waals surface area contributed by atoms with Crippen LogP contribution in [0.2, 0.25) is 0 Å². The second-order valence-electron chi connectivity index (χ2n) is 4.73. The first-order valence-electron chi connectivity index (χ1n) is 6.21. The molecule has 88 valence electrons. The van der Waals surface area contributed by atoms with Crippen LogP contribution in [-0.2, 0) is 6.54 Å². The maximum atomic E-state index is 9.88. The van der Waals surface area contributed by atoms with E-state index in [9.17, 15) is 5.11 Å². The van der Waals surface area contributed by atoms with Crippen molar-refractivity contribution in [3.63, 3.8) is 0 Å². The van der Waals surface area contributed by atoms with Crippen molar-refractivity contribution in [2.24, 2.45) is 0 Å². The fourth-order valence-corrected chi connectivity index (χ4v) is 3.88. The van der Waals surface area contributed by atoms with Crippen LogP contribution >= 0.6 is 11.8 Å². The largest absolute Gasteiger partial charge is 0.385 e. The quantitative estimate of drug-likeness (QED) is 0.817. The van der Waals surface area contributed by atoms with E-state index in [1.165, 1.54) is 30.7 Å². The molecule has 2 aliphatic heterocycles. The van der Waals surface area contributed by atoms with E-state index in [0.29, 0.717) is 5.25 Å². The highest BCUT2D eigenvalue weighted by Gasteiger charge is 2.25. The lowest BCUT2D eigenvalue weighted by molar-refractivity contribution is 0.133. The minimum atomic E-state index is -0.337. The first-order chi connectivity index (χ1) is 7.84. The van der Waals surface area contributed by atoms with Gasteiger partial charge in [0.05, 0.1) is 5.69 Å². The van der Waals surface area contributed by atoms with Gasteiger partial charge in [-0.05, 0) is 31.4 Å². The summed E-state index contributed by atoms with van der Waals surface area (Å²) in [4.78, 5) is 4.65. The molecule has 0 aliphatic carbocycles. The summed E-state index contributed by atoms with van der Waals surface area (Å²) >= 11 is 2.02. The lowest BCUT2D eigenvalue weighted by Gasteiger charge is -2.18. The van der Waals surface area contributed by atoms with Crippen molar-refractivity contribution >= 4 is 11.8 Å². The Morgan fingerprint density at radius 3 is 3.00 bits per heavy atom. The van der Waals surface area contributed by atoms with Gasteiger partial charge in [-0.3, -0.25) is 0 Å². The van der Waals surface area contributed by atoms with Gasteiger partial charge in [0.15, 0.2) is 0 Å². The first-order valence-corrected chi connectivity index (χ1v) is 7.26. The number of rotatable bonds is 1. The number of thioether (sulfide) groups is 1. The molecule has 1 N–H and O–H groups in total. The molecule has 0 spiro atoms. The standard InChI is InChI=1S/C12H18N2OS/c15-10-4-3-6-14-8-9(13-12(10)14)11-5-1-2-7-16-11/h8,10-11,15H,1-7H2. The Balaban J connectivity index is 1.85.